The van der Waals surface area contributed by atoms with Crippen LogP contribution in [0.25, 0.3) is 11.3 Å². The summed E-state index contributed by atoms with van der Waals surface area (Å²) in [4.78, 5) is 15.8. The summed E-state index contributed by atoms with van der Waals surface area (Å²) in [7, 11) is -0.543. The highest BCUT2D eigenvalue weighted by molar-refractivity contribution is 7.87. The highest BCUT2D eigenvalue weighted by Gasteiger charge is 2.11. The van der Waals surface area contributed by atoms with Crippen molar-refractivity contribution >= 4 is 10.2 Å². The predicted octanol–water partition coefficient (Wildman–Crippen LogP) is 0.0914. The average molecular weight is 337 g/mol. The zero-order valence-electron chi connectivity index (χ0n) is 13.0. The quantitative estimate of drug-likeness (QED) is 0.722. The molecule has 2 aromatic heterocycles. The van der Waals surface area contributed by atoms with Crippen LogP contribution in [0.15, 0.2) is 41.5 Å². The normalized spacial score (nSPS) is 11.8. The number of nitrogens with one attached hydrogen (secondary N) is 1. The van der Waals surface area contributed by atoms with E-state index in [0.29, 0.717) is 18.7 Å². The molecule has 0 atom stereocenters. The van der Waals surface area contributed by atoms with Crippen molar-refractivity contribution in [1.82, 2.24) is 23.8 Å². The molecule has 0 aromatic carbocycles. The Hall–Kier alpha value is -2.10. The molecule has 0 unspecified atom stereocenters. The fourth-order valence-corrected chi connectivity index (χ4v) is 2.51. The lowest BCUT2D eigenvalue weighted by atomic mass is 10.2. The van der Waals surface area contributed by atoms with Gasteiger partial charge in [0, 0.05) is 51.2 Å². The van der Waals surface area contributed by atoms with E-state index in [1.807, 2.05) is 12.1 Å². The number of hydrogen-bond acceptors (Lipinski definition) is 5. The minimum Gasteiger partial charge on any atom is -0.268 e. The van der Waals surface area contributed by atoms with Crippen molar-refractivity contribution in [2.75, 3.05) is 20.6 Å². The molecule has 124 valence electrons. The first-order chi connectivity index (χ1) is 10.9. The maximum absolute atomic E-state index is 11.8. The van der Waals surface area contributed by atoms with E-state index in [0.717, 1.165) is 9.87 Å². The molecule has 0 amide bonds. The van der Waals surface area contributed by atoms with Crippen LogP contribution in [0, 0.1) is 0 Å². The molecule has 0 fully saturated rings. The Balaban J connectivity index is 2.02. The number of nitrogens with zero attached hydrogens (tertiary/aromatic N) is 4. The van der Waals surface area contributed by atoms with Gasteiger partial charge in [-0.25, -0.2) is 9.40 Å². The third-order valence-corrected chi connectivity index (χ3v) is 4.68. The predicted molar refractivity (Wildman–Crippen MR) is 87.0 cm³/mol. The first-order valence-corrected chi connectivity index (χ1v) is 8.50. The number of aromatic nitrogens is 3. The Kier molecular flexibility index (Phi) is 5.59. The SMILES string of the molecule is CN(C)S(=O)(=O)NCCCn1nc(-c2ccncc2)ccc1=O. The van der Waals surface area contributed by atoms with Crippen molar-refractivity contribution in [3.8, 4) is 11.3 Å². The van der Waals surface area contributed by atoms with Crippen LogP contribution in [-0.4, -0.2) is 48.1 Å². The van der Waals surface area contributed by atoms with Crippen molar-refractivity contribution in [1.29, 1.82) is 0 Å². The molecule has 9 heteroatoms. The van der Waals surface area contributed by atoms with Gasteiger partial charge in [0.1, 0.15) is 0 Å². The van der Waals surface area contributed by atoms with Crippen LogP contribution in [0.3, 0.4) is 0 Å². The fourth-order valence-electron chi connectivity index (χ4n) is 1.84. The van der Waals surface area contributed by atoms with Crippen LogP contribution < -0.4 is 10.3 Å². The smallest absolute Gasteiger partial charge is 0.268 e. The van der Waals surface area contributed by atoms with Crippen molar-refractivity contribution in [2.24, 2.45) is 0 Å². The van der Waals surface area contributed by atoms with Gasteiger partial charge in [0.2, 0.25) is 0 Å². The monoisotopic (exact) mass is 337 g/mol. The van der Waals surface area contributed by atoms with E-state index in [1.165, 1.54) is 24.8 Å². The van der Waals surface area contributed by atoms with Gasteiger partial charge in [-0.1, -0.05) is 0 Å². The van der Waals surface area contributed by atoms with E-state index in [-0.39, 0.29) is 12.1 Å². The standard InChI is InChI=1S/C14H19N5O3S/c1-18(2)23(21,22)16-8-3-11-19-14(20)5-4-13(17-19)12-6-9-15-10-7-12/h4-7,9-10,16H,3,8,11H2,1-2H3. The summed E-state index contributed by atoms with van der Waals surface area (Å²) >= 11 is 0. The third kappa shape index (κ3) is 4.68. The summed E-state index contributed by atoms with van der Waals surface area (Å²) in [5, 5.41) is 4.30. The molecule has 0 aliphatic heterocycles. The Bertz CT molecular complexity index is 803. The van der Waals surface area contributed by atoms with Crippen LogP contribution in [0.1, 0.15) is 6.42 Å². The molecule has 0 spiro atoms. The zero-order valence-corrected chi connectivity index (χ0v) is 13.8. The van der Waals surface area contributed by atoms with Gasteiger partial charge < -0.3 is 0 Å². The second-order valence-electron chi connectivity index (χ2n) is 5.05. The molecule has 23 heavy (non-hydrogen) atoms. The van der Waals surface area contributed by atoms with Crippen LogP contribution in [0.4, 0.5) is 0 Å². The molecule has 2 aromatic rings. The molecule has 0 aliphatic rings. The van der Waals surface area contributed by atoms with Gasteiger partial charge in [0.25, 0.3) is 15.8 Å². The highest BCUT2D eigenvalue weighted by Crippen LogP contribution is 2.13. The van der Waals surface area contributed by atoms with Crippen LogP contribution >= 0.6 is 0 Å². The van der Waals surface area contributed by atoms with Crippen molar-refractivity contribution in [3.05, 3.63) is 47.0 Å². The Morgan fingerprint density at radius 2 is 1.87 bits per heavy atom. The van der Waals surface area contributed by atoms with Crippen LogP contribution in [0.5, 0.6) is 0 Å². The number of pyridine rings is 1. The lowest BCUT2D eigenvalue weighted by molar-refractivity contribution is 0.494. The number of hydrogen-bond donors (Lipinski definition) is 1. The summed E-state index contributed by atoms with van der Waals surface area (Å²) in [6, 6.07) is 6.72. The molecule has 0 aliphatic carbocycles. The summed E-state index contributed by atoms with van der Waals surface area (Å²) in [6.45, 7) is 0.557. The first-order valence-electron chi connectivity index (χ1n) is 7.06. The van der Waals surface area contributed by atoms with Gasteiger partial charge >= 0.3 is 0 Å². The molecule has 0 saturated heterocycles. The van der Waals surface area contributed by atoms with Crippen molar-refractivity contribution in [2.45, 2.75) is 13.0 Å². The molecule has 0 saturated carbocycles. The van der Waals surface area contributed by atoms with E-state index in [1.54, 1.807) is 18.5 Å². The van der Waals surface area contributed by atoms with Gasteiger partial charge in [-0.15, -0.1) is 0 Å². The number of aryl methyl sites for hydroxylation is 1. The van der Waals surface area contributed by atoms with Crippen LogP contribution in [-0.2, 0) is 16.8 Å². The second kappa shape index (κ2) is 7.44. The Morgan fingerprint density at radius 3 is 2.52 bits per heavy atom. The summed E-state index contributed by atoms with van der Waals surface area (Å²) in [5.41, 5.74) is 1.31. The Morgan fingerprint density at radius 1 is 1.17 bits per heavy atom. The maximum atomic E-state index is 11.8. The van der Waals surface area contributed by atoms with Gasteiger partial charge in [-0.2, -0.15) is 17.8 Å². The van der Waals surface area contributed by atoms with Crippen molar-refractivity contribution in [3.63, 3.8) is 0 Å². The molecular formula is C14H19N5O3S. The van der Waals surface area contributed by atoms with E-state index < -0.39 is 10.2 Å². The highest BCUT2D eigenvalue weighted by atomic mass is 32.2. The minimum atomic E-state index is -3.45. The van der Waals surface area contributed by atoms with E-state index in [4.69, 9.17) is 0 Å². The lowest BCUT2D eigenvalue weighted by Crippen LogP contribution is -2.36. The van der Waals surface area contributed by atoms with Gasteiger partial charge in [0.15, 0.2) is 0 Å². The van der Waals surface area contributed by atoms with Gasteiger partial charge in [0.05, 0.1) is 5.69 Å². The first kappa shape index (κ1) is 17.3. The molecule has 0 radical (unpaired) electrons. The lowest BCUT2D eigenvalue weighted by Gasteiger charge is -2.12. The minimum absolute atomic E-state index is 0.224. The molecule has 2 rings (SSSR count). The molecule has 0 bridgehead atoms. The fraction of sp³-hybridized carbons (Fsp3) is 0.357. The van der Waals surface area contributed by atoms with E-state index in [2.05, 4.69) is 14.8 Å². The molecular weight excluding hydrogens is 318 g/mol. The second-order valence-corrected chi connectivity index (χ2v) is 7.02. The number of rotatable bonds is 7. The maximum Gasteiger partial charge on any atom is 0.278 e. The van der Waals surface area contributed by atoms with Crippen LogP contribution in [0.2, 0.25) is 0 Å². The van der Waals surface area contributed by atoms with Crippen molar-refractivity contribution < 1.29 is 8.42 Å². The van der Waals surface area contributed by atoms with Gasteiger partial charge in [-0.3, -0.25) is 9.78 Å². The average Bonchev–Trinajstić information content (AvgIpc) is 2.53. The van der Waals surface area contributed by atoms with E-state index >= 15 is 0 Å². The topological polar surface area (TPSA) is 97.2 Å². The summed E-state index contributed by atoms with van der Waals surface area (Å²) in [5.74, 6) is 0. The van der Waals surface area contributed by atoms with E-state index in [9.17, 15) is 13.2 Å². The molecule has 8 nitrogen and oxygen atoms in total. The zero-order chi connectivity index (χ0) is 16.9. The van der Waals surface area contributed by atoms with Gasteiger partial charge in [-0.05, 0) is 24.6 Å². The Labute approximate surface area is 135 Å². The largest absolute Gasteiger partial charge is 0.278 e. The summed E-state index contributed by atoms with van der Waals surface area (Å²) < 4.78 is 28.0. The molecule has 2 heterocycles. The third-order valence-electron chi connectivity index (χ3n) is 3.15. The summed E-state index contributed by atoms with van der Waals surface area (Å²) in [6.07, 6.45) is 3.77. The molecule has 1 N–H and O–H groups in total.